The van der Waals surface area contributed by atoms with E-state index in [-0.39, 0.29) is 45.1 Å². The molecule has 0 aliphatic rings. The van der Waals surface area contributed by atoms with Gasteiger partial charge in [0, 0.05) is 5.56 Å². The van der Waals surface area contributed by atoms with E-state index in [0.717, 1.165) is 0 Å². The van der Waals surface area contributed by atoms with E-state index in [2.05, 4.69) is 19.9 Å². The maximum Gasteiger partial charge on any atom is 0.334 e. The number of hydrogen-bond acceptors (Lipinski definition) is 6. The maximum absolute atomic E-state index is 14.6. The zero-order valence-corrected chi connectivity index (χ0v) is 19.2. The summed E-state index contributed by atoms with van der Waals surface area (Å²) in [4.78, 5) is 41.4. The summed E-state index contributed by atoms with van der Waals surface area (Å²) in [7, 11) is 0. The van der Waals surface area contributed by atoms with Crippen LogP contribution in [0, 0.1) is 5.82 Å². The number of fused-ring (bicyclic) bond motifs is 1. The molecule has 0 saturated carbocycles. The van der Waals surface area contributed by atoms with Crippen molar-refractivity contribution in [3.63, 3.8) is 0 Å². The first-order chi connectivity index (χ1) is 15.6. The molecule has 0 spiro atoms. The Balaban J connectivity index is 2.21. The third kappa shape index (κ3) is 3.89. The van der Waals surface area contributed by atoms with Gasteiger partial charge in [0.1, 0.15) is 5.82 Å². The highest BCUT2D eigenvalue weighted by molar-refractivity contribution is 6.33. The molecular weight excluding hydrogens is 447 g/mol. The first-order valence-corrected chi connectivity index (χ1v) is 10.8. The molecule has 0 amide bonds. The van der Waals surface area contributed by atoms with Crippen LogP contribution in [-0.4, -0.2) is 24.5 Å². The van der Waals surface area contributed by atoms with Crippen molar-refractivity contribution in [3.05, 3.63) is 73.4 Å². The van der Waals surface area contributed by atoms with Crippen LogP contribution in [0.25, 0.3) is 28.0 Å². The SMILES string of the molecule is CC(C)c1nc(N)nc(C(C)C)c1-n1c(=O)[nH]c(=O)c2cc(Cl)c(-c3ccccc3F)nc21. The number of nitrogens with zero attached hydrogens (tertiary/aromatic N) is 4. The van der Waals surface area contributed by atoms with Crippen molar-refractivity contribution in [2.45, 2.75) is 39.5 Å². The van der Waals surface area contributed by atoms with Gasteiger partial charge in [-0.3, -0.25) is 9.78 Å². The summed E-state index contributed by atoms with van der Waals surface area (Å²) in [5, 5.41) is 0.144. The van der Waals surface area contributed by atoms with E-state index in [1.807, 2.05) is 27.7 Å². The highest BCUT2D eigenvalue weighted by Gasteiger charge is 2.25. The first-order valence-electron chi connectivity index (χ1n) is 10.4. The molecular formula is C23H22ClFN6O2. The third-order valence-electron chi connectivity index (χ3n) is 5.24. The van der Waals surface area contributed by atoms with Gasteiger partial charge in [-0.05, 0) is 30.0 Å². The molecule has 0 atom stereocenters. The second-order valence-electron chi connectivity index (χ2n) is 8.27. The molecule has 3 aromatic heterocycles. The molecule has 0 fully saturated rings. The van der Waals surface area contributed by atoms with Crippen molar-refractivity contribution in [2.24, 2.45) is 0 Å². The van der Waals surface area contributed by atoms with Gasteiger partial charge >= 0.3 is 5.69 Å². The lowest BCUT2D eigenvalue weighted by Gasteiger charge is -2.20. The van der Waals surface area contributed by atoms with Crippen LogP contribution in [-0.2, 0) is 0 Å². The van der Waals surface area contributed by atoms with Crippen molar-refractivity contribution in [3.8, 4) is 16.9 Å². The summed E-state index contributed by atoms with van der Waals surface area (Å²) < 4.78 is 15.8. The predicted octanol–water partition coefficient (Wildman–Crippen LogP) is 4.15. The van der Waals surface area contributed by atoms with Crippen LogP contribution >= 0.6 is 11.6 Å². The molecule has 4 aromatic rings. The van der Waals surface area contributed by atoms with Gasteiger partial charge in [-0.1, -0.05) is 51.4 Å². The molecule has 8 nitrogen and oxygen atoms in total. The fraction of sp³-hybridized carbons (Fsp3) is 0.261. The Morgan fingerprint density at radius 2 is 1.64 bits per heavy atom. The van der Waals surface area contributed by atoms with Crippen LogP contribution in [0.3, 0.4) is 0 Å². The van der Waals surface area contributed by atoms with Gasteiger partial charge in [-0.15, -0.1) is 0 Å². The largest absolute Gasteiger partial charge is 0.368 e. The normalized spacial score (nSPS) is 11.6. The zero-order valence-electron chi connectivity index (χ0n) is 18.5. The number of rotatable bonds is 4. The quantitative estimate of drug-likeness (QED) is 0.464. The van der Waals surface area contributed by atoms with Gasteiger partial charge in [0.2, 0.25) is 5.95 Å². The molecule has 3 N–H and O–H groups in total. The number of pyridine rings is 1. The summed E-state index contributed by atoms with van der Waals surface area (Å²) in [6, 6.07) is 7.38. The number of aromatic nitrogens is 5. The molecule has 0 aliphatic carbocycles. The number of benzene rings is 1. The number of nitrogen functional groups attached to an aromatic ring is 1. The minimum Gasteiger partial charge on any atom is -0.368 e. The highest BCUT2D eigenvalue weighted by atomic mass is 35.5. The van der Waals surface area contributed by atoms with Crippen molar-refractivity contribution in [1.82, 2.24) is 24.5 Å². The lowest BCUT2D eigenvalue weighted by Crippen LogP contribution is -2.32. The summed E-state index contributed by atoms with van der Waals surface area (Å²) >= 11 is 6.39. The van der Waals surface area contributed by atoms with Crippen molar-refractivity contribution in [1.29, 1.82) is 0 Å². The fourth-order valence-corrected chi connectivity index (χ4v) is 3.98. The second kappa shape index (κ2) is 8.40. The molecule has 4 rings (SSSR count). The lowest BCUT2D eigenvalue weighted by atomic mass is 10.0. The summed E-state index contributed by atoms with van der Waals surface area (Å²) in [5.41, 5.74) is 6.26. The Morgan fingerprint density at radius 1 is 1.03 bits per heavy atom. The van der Waals surface area contributed by atoms with Crippen LogP contribution in [0.5, 0.6) is 0 Å². The van der Waals surface area contributed by atoms with Crippen LogP contribution in [0.4, 0.5) is 10.3 Å². The van der Waals surface area contributed by atoms with Crippen LogP contribution in [0.2, 0.25) is 5.02 Å². The standard InChI is InChI=1S/C23H22ClFN6O2/c1-10(2)16-19(17(11(3)4)29-22(26)28-16)31-20-13(21(32)30-23(31)33)9-14(24)18(27-20)12-7-5-6-8-15(12)25/h5-11H,1-4H3,(H2,26,28,29)(H,30,32,33). The number of anilines is 1. The molecule has 170 valence electrons. The molecule has 1 aromatic carbocycles. The molecule has 33 heavy (non-hydrogen) atoms. The van der Waals surface area contributed by atoms with Crippen LogP contribution in [0.1, 0.15) is 50.9 Å². The van der Waals surface area contributed by atoms with E-state index in [1.165, 1.54) is 22.8 Å². The van der Waals surface area contributed by atoms with Gasteiger partial charge < -0.3 is 5.73 Å². The molecule has 10 heteroatoms. The minimum atomic E-state index is -0.723. The average molecular weight is 469 g/mol. The number of aromatic amines is 1. The average Bonchev–Trinajstić information content (AvgIpc) is 2.74. The third-order valence-corrected chi connectivity index (χ3v) is 5.53. The Kier molecular flexibility index (Phi) is 5.75. The first kappa shape index (κ1) is 22.6. The van der Waals surface area contributed by atoms with Crippen molar-refractivity contribution in [2.75, 3.05) is 5.73 Å². The lowest BCUT2D eigenvalue weighted by molar-refractivity contribution is 0.631. The van der Waals surface area contributed by atoms with Gasteiger partial charge in [0.15, 0.2) is 5.65 Å². The van der Waals surface area contributed by atoms with E-state index in [4.69, 9.17) is 17.3 Å². The predicted molar refractivity (Wildman–Crippen MR) is 127 cm³/mol. The summed E-state index contributed by atoms with van der Waals surface area (Å²) in [5.74, 6) is -0.715. The highest BCUT2D eigenvalue weighted by Crippen LogP contribution is 2.33. The molecule has 3 heterocycles. The van der Waals surface area contributed by atoms with Crippen LogP contribution < -0.4 is 17.0 Å². The van der Waals surface area contributed by atoms with E-state index >= 15 is 0 Å². The zero-order chi connectivity index (χ0) is 24.0. The Labute approximate surface area is 193 Å². The van der Waals surface area contributed by atoms with E-state index in [9.17, 15) is 14.0 Å². The fourth-order valence-electron chi connectivity index (χ4n) is 3.73. The van der Waals surface area contributed by atoms with Crippen molar-refractivity contribution >= 4 is 28.6 Å². The van der Waals surface area contributed by atoms with Gasteiger partial charge in [-0.2, -0.15) is 0 Å². The number of H-pyrrole nitrogens is 1. The summed E-state index contributed by atoms with van der Waals surface area (Å²) in [6.07, 6.45) is 0. The number of halogens is 2. The van der Waals surface area contributed by atoms with Gasteiger partial charge in [0.05, 0.1) is 33.2 Å². The minimum absolute atomic E-state index is 0.0172. The summed E-state index contributed by atoms with van der Waals surface area (Å²) in [6.45, 7) is 7.62. The Bertz CT molecular complexity index is 1480. The van der Waals surface area contributed by atoms with E-state index in [1.54, 1.807) is 12.1 Å². The Hall–Kier alpha value is -3.59. The van der Waals surface area contributed by atoms with E-state index in [0.29, 0.717) is 17.1 Å². The van der Waals surface area contributed by atoms with Crippen molar-refractivity contribution < 1.29 is 4.39 Å². The Morgan fingerprint density at radius 3 is 2.21 bits per heavy atom. The number of nitrogens with two attached hydrogens (primary N) is 1. The molecule has 0 bridgehead atoms. The maximum atomic E-state index is 14.6. The molecule has 0 aliphatic heterocycles. The molecule has 0 saturated heterocycles. The van der Waals surface area contributed by atoms with Gasteiger partial charge in [0.25, 0.3) is 5.56 Å². The van der Waals surface area contributed by atoms with E-state index < -0.39 is 17.1 Å². The van der Waals surface area contributed by atoms with Gasteiger partial charge in [-0.25, -0.2) is 28.7 Å². The topological polar surface area (TPSA) is 120 Å². The second-order valence-corrected chi connectivity index (χ2v) is 8.68. The smallest absolute Gasteiger partial charge is 0.334 e. The monoisotopic (exact) mass is 468 g/mol. The number of nitrogens with one attached hydrogen (secondary N) is 1. The molecule has 0 unspecified atom stereocenters. The number of hydrogen-bond donors (Lipinski definition) is 2. The van der Waals surface area contributed by atoms with Crippen LogP contribution in [0.15, 0.2) is 39.9 Å². The molecule has 0 radical (unpaired) electrons.